The summed E-state index contributed by atoms with van der Waals surface area (Å²) in [6, 6.07) is 7.88. The van der Waals surface area contributed by atoms with Gasteiger partial charge in [0.05, 0.1) is 6.04 Å². The molecule has 0 saturated heterocycles. The standard InChI is InChI=1S/C17H26N2O2/c1-5-14-6-8-15(9-7-14)13(4)19-17(21)16(20)18-11-10-12(2)3/h6-9,12-13H,5,10-11H2,1-4H3,(H,18,20)(H,19,21). The Bertz CT molecular complexity index is 466. The van der Waals surface area contributed by atoms with Gasteiger partial charge in [-0.3, -0.25) is 9.59 Å². The number of hydrogen-bond acceptors (Lipinski definition) is 2. The number of nitrogens with one attached hydrogen (secondary N) is 2. The lowest BCUT2D eigenvalue weighted by Crippen LogP contribution is -2.41. The van der Waals surface area contributed by atoms with Crippen LogP contribution in [-0.2, 0) is 16.0 Å². The second kappa shape index (κ2) is 8.45. The summed E-state index contributed by atoms with van der Waals surface area (Å²) in [7, 11) is 0. The van der Waals surface area contributed by atoms with Gasteiger partial charge < -0.3 is 10.6 Å². The van der Waals surface area contributed by atoms with Crippen LogP contribution in [-0.4, -0.2) is 18.4 Å². The molecule has 0 aliphatic heterocycles. The zero-order valence-electron chi connectivity index (χ0n) is 13.4. The Morgan fingerprint density at radius 3 is 2.19 bits per heavy atom. The lowest BCUT2D eigenvalue weighted by Gasteiger charge is -2.15. The number of amides is 2. The fourth-order valence-electron chi connectivity index (χ4n) is 1.94. The molecule has 4 nitrogen and oxygen atoms in total. The molecule has 1 aromatic carbocycles. The van der Waals surface area contributed by atoms with Crippen LogP contribution in [0.5, 0.6) is 0 Å². The van der Waals surface area contributed by atoms with E-state index in [2.05, 4.69) is 31.4 Å². The maximum absolute atomic E-state index is 11.8. The topological polar surface area (TPSA) is 58.2 Å². The molecule has 0 saturated carbocycles. The van der Waals surface area contributed by atoms with Crippen molar-refractivity contribution in [2.24, 2.45) is 5.92 Å². The maximum atomic E-state index is 11.8. The fraction of sp³-hybridized carbons (Fsp3) is 0.529. The summed E-state index contributed by atoms with van der Waals surface area (Å²) in [5.41, 5.74) is 2.25. The summed E-state index contributed by atoms with van der Waals surface area (Å²) in [5, 5.41) is 5.36. The molecule has 0 fully saturated rings. The molecule has 1 unspecified atom stereocenters. The highest BCUT2D eigenvalue weighted by Crippen LogP contribution is 2.13. The number of rotatable bonds is 6. The average Bonchev–Trinajstić information content (AvgIpc) is 2.46. The fourth-order valence-corrected chi connectivity index (χ4v) is 1.94. The van der Waals surface area contributed by atoms with Crippen molar-refractivity contribution in [3.05, 3.63) is 35.4 Å². The molecule has 0 radical (unpaired) electrons. The molecule has 0 spiro atoms. The van der Waals surface area contributed by atoms with Gasteiger partial charge in [-0.05, 0) is 36.8 Å². The second-order valence-corrected chi connectivity index (χ2v) is 5.73. The van der Waals surface area contributed by atoms with E-state index < -0.39 is 11.8 Å². The number of aryl methyl sites for hydroxylation is 1. The predicted octanol–water partition coefficient (Wildman–Crippen LogP) is 2.59. The Labute approximate surface area is 127 Å². The Hall–Kier alpha value is -1.84. The third-order valence-corrected chi connectivity index (χ3v) is 3.45. The Morgan fingerprint density at radius 2 is 1.67 bits per heavy atom. The molecular weight excluding hydrogens is 264 g/mol. The molecule has 2 amide bonds. The Balaban J connectivity index is 2.46. The molecule has 0 aromatic heterocycles. The monoisotopic (exact) mass is 290 g/mol. The molecule has 2 N–H and O–H groups in total. The van der Waals surface area contributed by atoms with E-state index in [9.17, 15) is 9.59 Å². The first-order valence-electron chi connectivity index (χ1n) is 7.61. The molecule has 0 bridgehead atoms. The first kappa shape index (κ1) is 17.2. The molecule has 0 heterocycles. The minimum Gasteiger partial charge on any atom is -0.348 e. The molecule has 21 heavy (non-hydrogen) atoms. The summed E-state index contributed by atoms with van der Waals surface area (Å²) in [4.78, 5) is 23.5. The van der Waals surface area contributed by atoms with Gasteiger partial charge in [-0.25, -0.2) is 0 Å². The summed E-state index contributed by atoms with van der Waals surface area (Å²) in [6.07, 6.45) is 1.85. The van der Waals surface area contributed by atoms with E-state index in [1.165, 1.54) is 5.56 Å². The molecule has 0 aliphatic carbocycles. The third-order valence-electron chi connectivity index (χ3n) is 3.45. The predicted molar refractivity (Wildman–Crippen MR) is 84.8 cm³/mol. The molecule has 1 aromatic rings. The van der Waals surface area contributed by atoms with Crippen LogP contribution < -0.4 is 10.6 Å². The summed E-state index contributed by atoms with van der Waals surface area (Å²) >= 11 is 0. The van der Waals surface area contributed by atoms with Crippen LogP contribution >= 0.6 is 0 Å². The van der Waals surface area contributed by atoms with Crippen molar-refractivity contribution in [1.29, 1.82) is 0 Å². The van der Waals surface area contributed by atoms with Crippen molar-refractivity contribution in [3.8, 4) is 0 Å². The number of benzene rings is 1. The van der Waals surface area contributed by atoms with Crippen LogP contribution in [0.1, 0.15) is 51.3 Å². The van der Waals surface area contributed by atoms with Gasteiger partial charge in [-0.15, -0.1) is 0 Å². The van der Waals surface area contributed by atoms with Crippen molar-refractivity contribution >= 4 is 11.8 Å². The molecule has 0 aliphatic rings. The van der Waals surface area contributed by atoms with Gasteiger partial charge in [0.1, 0.15) is 0 Å². The second-order valence-electron chi connectivity index (χ2n) is 5.73. The minimum atomic E-state index is -0.578. The normalized spacial score (nSPS) is 12.0. The van der Waals surface area contributed by atoms with Gasteiger partial charge in [0.15, 0.2) is 0 Å². The van der Waals surface area contributed by atoms with Crippen molar-refractivity contribution in [2.75, 3.05) is 6.54 Å². The van der Waals surface area contributed by atoms with Gasteiger partial charge >= 0.3 is 11.8 Å². The smallest absolute Gasteiger partial charge is 0.309 e. The van der Waals surface area contributed by atoms with Crippen LogP contribution in [0.4, 0.5) is 0 Å². The van der Waals surface area contributed by atoms with Gasteiger partial charge in [-0.2, -0.15) is 0 Å². The molecule has 1 rings (SSSR count). The summed E-state index contributed by atoms with van der Waals surface area (Å²) in [6.45, 7) is 8.66. The third kappa shape index (κ3) is 5.98. The van der Waals surface area contributed by atoms with Crippen LogP contribution in [0.15, 0.2) is 24.3 Å². The van der Waals surface area contributed by atoms with Crippen LogP contribution in [0, 0.1) is 5.92 Å². The Kier molecular flexibility index (Phi) is 6.92. The first-order chi connectivity index (χ1) is 9.93. The van der Waals surface area contributed by atoms with Gasteiger partial charge in [0.25, 0.3) is 0 Å². The van der Waals surface area contributed by atoms with E-state index in [1.54, 1.807) is 0 Å². The summed E-state index contributed by atoms with van der Waals surface area (Å²) < 4.78 is 0. The zero-order valence-corrected chi connectivity index (χ0v) is 13.4. The van der Waals surface area contributed by atoms with E-state index in [-0.39, 0.29) is 6.04 Å². The molecular formula is C17H26N2O2. The van der Waals surface area contributed by atoms with E-state index in [1.807, 2.05) is 31.2 Å². The van der Waals surface area contributed by atoms with Crippen molar-refractivity contribution in [2.45, 2.75) is 46.6 Å². The number of carbonyl (C=O) groups is 2. The first-order valence-corrected chi connectivity index (χ1v) is 7.61. The van der Waals surface area contributed by atoms with Crippen molar-refractivity contribution < 1.29 is 9.59 Å². The van der Waals surface area contributed by atoms with E-state index in [0.29, 0.717) is 12.5 Å². The van der Waals surface area contributed by atoms with Gasteiger partial charge in [0.2, 0.25) is 0 Å². The van der Waals surface area contributed by atoms with E-state index >= 15 is 0 Å². The van der Waals surface area contributed by atoms with Crippen molar-refractivity contribution in [3.63, 3.8) is 0 Å². The highest BCUT2D eigenvalue weighted by Gasteiger charge is 2.16. The Morgan fingerprint density at radius 1 is 1.05 bits per heavy atom. The molecule has 4 heteroatoms. The maximum Gasteiger partial charge on any atom is 0.309 e. The van der Waals surface area contributed by atoms with E-state index in [0.717, 1.165) is 18.4 Å². The molecule has 116 valence electrons. The van der Waals surface area contributed by atoms with Gasteiger partial charge in [-0.1, -0.05) is 45.0 Å². The van der Waals surface area contributed by atoms with E-state index in [4.69, 9.17) is 0 Å². The highest BCUT2D eigenvalue weighted by molar-refractivity contribution is 6.35. The van der Waals surface area contributed by atoms with Gasteiger partial charge in [0, 0.05) is 6.54 Å². The zero-order chi connectivity index (χ0) is 15.8. The average molecular weight is 290 g/mol. The molecule has 1 atom stereocenters. The quantitative estimate of drug-likeness (QED) is 0.791. The SMILES string of the molecule is CCc1ccc(C(C)NC(=O)C(=O)NCCC(C)C)cc1. The van der Waals surface area contributed by atoms with Crippen molar-refractivity contribution in [1.82, 2.24) is 10.6 Å². The van der Waals surface area contributed by atoms with Crippen LogP contribution in [0.2, 0.25) is 0 Å². The summed E-state index contributed by atoms with van der Waals surface area (Å²) in [5.74, 6) is -0.636. The van der Waals surface area contributed by atoms with Crippen LogP contribution in [0.3, 0.4) is 0 Å². The minimum absolute atomic E-state index is 0.181. The number of carbonyl (C=O) groups excluding carboxylic acids is 2. The lowest BCUT2D eigenvalue weighted by molar-refractivity contribution is -0.139. The largest absolute Gasteiger partial charge is 0.348 e. The number of hydrogen-bond donors (Lipinski definition) is 2. The van der Waals surface area contributed by atoms with Crippen LogP contribution in [0.25, 0.3) is 0 Å². The highest BCUT2D eigenvalue weighted by atomic mass is 16.2. The lowest BCUT2D eigenvalue weighted by atomic mass is 10.0.